The molecule has 0 spiro atoms. The van der Waals surface area contributed by atoms with Gasteiger partial charge >= 0.3 is 0 Å². The van der Waals surface area contributed by atoms with Crippen LogP contribution in [0, 0.1) is 5.41 Å². The predicted octanol–water partition coefficient (Wildman–Crippen LogP) is 3.25. The lowest BCUT2D eigenvalue weighted by molar-refractivity contribution is 0.171. The van der Waals surface area contributed by atoms with E-state index < -0.39 is 0 Å². The second-order valence-corrected chi connectivity index (χ2v) is 5.79. The van der Waals surface area contributed by atoms with Gasteiger partial charge in [-0.1, -0.05) is 27.7 Å². The van der Waals surface area contributed by atoms with Crippen LogP contribution < -0.4 is 10.1 Å². The van der Waals surface area contributed by atoms with Gasteiger partial charge in [0.15, 0.2) is 0 Å². The smallest absolute Gasteiger partial charge is 0.122 e. The highest BCUT2D eigenvalue weighted by molar-refractivity contribution is 5.52. The second-order valence-electron chi connectivity index (χ2n) is 5.79. The summed E-state index contributed by atoms with van der Waals surface area (Å²) in [6.07, 6.45) is 0. The number of methoxy groups -OCH3 is 1. The molecule has 102 valence electrons. The van der Waals surface area contributed by atoms with Crippen LogP contribution in [0.15, 0.2) is 18.2 Å². The molecule has 0 amide bonds. The standard InChI is InChI=1S/C15H25NO2/c1-11(2)13-8-12(6-7-14(13)18-5)16-9-15(3,4)10-17/h6-8,11,16-17H,9-10H2,1-5H3. The fourth-order valence-electron chi connectivity index (χ4n) is 1.69. The Morgan fingerprint density at radius 1 is 1.33 bits per heavy atom. The Kier molecular flexibility index (Phi) is 5.03. The minimum Gasteiger partial charge on any atom is -0.496 e. The number of aliphatic hydroxyl groups excluding tert-OH is 1. The van der Waals surface area contributed by atoms with Gasteiger partial charge in [-0.2, -0.15) is 0 Å². The van der Waals surface area contributed by atoms with Gasteiger partial charge in [-0.25, -0.2) is 0 Å². The van der Waals surface area contributed by atoms with E-state index in [1.807, 2.05) is 26.0 Å². The van der Waals surface area contributed by atoms with Gasteiger partial charge in [0.25, 0.3) is 0 Å². The lowest BCUT2D eigenvalue weighted by atomic mass is 9.94. The van der Waals surface area contributed by atoms with Crippen molar-refractivity contribution >= 4 is 5.69 Å². The van der Waals surface area contributed by atoms with Crippen molar-refractivity contribution < 1.29 is 9.84 Å². The highest BCUT2D eigenvalue weighted by Gasteiger charge is 2.16. The van der Waals surface area contributed by atoms with Crippen LogP contribution in [0.3, 0.4) is 0 Å². The highest BCUT2D eigenvalue weighted by atomic mass is 16.5. The summed E-state index contributed by atoms with van der Waals surface area (Å²) in [6.45, 7) is 9.29. The molecule has 0 aliphatic rings. The van der Waals surface area contributed by atoms with Crippen molar-refractivity contribution in [3.05, 3.63) is 23.8 Å². The van der Waals surface area contributed by atoms with Gasteiger partial charge in [-0.05, 0) is 29.7 Å². The van der Waals surface area contributed by atoms with Crippen molar-refractivity contribution in [1.82, 2.24) is 0 Å². The first-order chi connectivity index (χ1) is 8.39. The summed E-state index contributed by atoms with van der Waals surface area (Å²) in [7, 11) is 1.70. The number of anilines is 1. The summed E-state index contributed by atoms with van der Waals surface area (Å²) in [4.78, 5) is 0. The second kappa shape index (κ2) is 6.10. The Labute approximate surface area is 110 Å². The number of ether oxygens (including phenoxy) is 1. The van der Waals surface area contributed by atoms with Crippen molar-refractivity contribution in [3.63, 3.8) is 0 Å². The molecule has 3 nitrogen and oxygen atoms in total. The maximum Gasteiger partial charge on any atom is 0.122 e. The van der Waals surface area contributed by atoms with Gasteiger partial charge in [0.2, 0.25) is 0 Å². The molecule has 0 radical (unpaired) electrons. The van der Waals surface area contributed by atoms with Gasteiger partial charge in [-0.15, -0.1) is 0 Å². The van der Waals surface area contributed by atoms with Crippen LogP contribution in [0.1, 0.15) is 39.2 Å². The Hall–Kier alpha value is -1.22. The van der Waals surface area contributed by atoms with Crippen LogP contribution in [0.4, 0.5) is 5.69 Å². The minimum atomic E-state index is -0.113. The van der Waals surface area contributed by atoms with Gasteiger partial charge in [0.1, 0.15) is 5.75 Å². The van der Waals surface area contributed by atoms with Crippen LogP contribution >= 0.6 is 0 Å². The van der Waals surface area contributed by atoms with Crippen LogP contribution in [0.25, 0.3) is 0 Å². The van der Waals surface area contributed by atoms with E-state index in [1.54, 1.807) is 7.11 Å². The summed E-state index contributed by atoms with van der Waals surface area (Å²) in [6, 6.07) is 6.12. The molecule has 0 atom stereocenters. The molecule has 0 saturated carbocycles. The lowest BCUT2D eigenvalue weighted by Crippen LogP contribution is -2.26. The van der Waals surface area contributed by atoms with Crippen LogP contribution in [0.2, 0.25) is 0 Å². The van der Waals surface area contributed by atoms with Crippen LogP contribution in [0.5, 0.6) is 5.75 Å². The zero-order chi connectivity index (χ0) is 13.8. The van der Waals surface area contributed by atoms with Crippen molar-refractivity contribution in [2.24, 2.45) is 5.41 Å². The molecule has 0 fully saturated rings. The van der Waals surface area contributed by atoms with E-state index in [4.69, 9.17) is 4.74 Å². The third kappa shape index (κ3) is 3.91. The molecule has 0 aliphatic carbocycles. The third-order valence-electron chi connectivity index (χ3n) is 3.05. The predicted molar refractivity (Wildman–Crippen MR) is 76.4 cm³/mol. The van der Waals surface area contributed by atoms with E-state index in [0.29, 0.717) is 5.92 Å². The molecule has 1 aromatic rings. The van der Waals surface area contributed by atoms with Crippen LogP contribution in [-0.2, 0) is 0 Å². The maximum absolute atomic E-state index is 9.24. The lowest BCUT2D eigenvalue weighted by Gasteiger charge is -2.23. The van der Waals surface area contributed by atoms with Crippen molar-refractivity contribution in [1.29, 1.82) is 0 Å². The molecular weight excluding hydrogens is 226 g/mol. The zero-order valence-corrected chi connectivity index (χ0v) is 12.1. The molecule has 0 saturated heterocycles. The average Bonchev–Trinajstić information content (AvgIpc) is 2.36. The molecule has 0 bridgehead atoms. The first-order valence-corrected chi connectivity index (χ1v) is 6.42. The quantitative estimate of drug-likeness (QED) is 0.815. The van der Waals surface area contributed by atoms with E-state index in [0.717, 1.165) is 18.0 Å². The highest BCUT2D eigenvalue weighted by Crippen LogP contribution is 2.29. The fraction of sp³-hybridized carbons (Fsp3) is 0.600. The molecule has 18 heavy (non-hydrogen) atoms. The Morgan fingerprint density at radius 3 is 2.50 bits per heavy atom. The topological polar surface area (TPSA) is 41.5 Å². The number of benzene rings is 1. The first kappa shape index (κ1) is 14.8. The number of hydrogen-bond donors (Lipinski definition) is 2. The average molecular weight is 251 g/mol. The normalized spacial score (nSPS) is 11.7. The molecule has 1 aromatic carbocycles. The molecule has 3 heteroatoms. The molecule has 1 rings (SSSR count). The molecular formula is C15H25NO2. The van der Waals surface area contributed by atoms with Gasteiger partial charge < -0.3 is 15.2 Å². The maximum atomic E-state index is 9.24. The zero-order valence-electron chi connectivity index (χ0n) is 12.1. The molecule has 0 aliphatic heterocycles. The summed E-state index contributed by atoms with van der Waals surface area (Å²) >= 11 is 0. The largest absolute Gasteiger partial charge is 0.496 e. The van der Waals surface area contributed by atoms with Crippen molar-refractivity contribution in [2.75, 3.05) is 25.6 Å². The first-order valence-electron chi connectivity index (χ1n) is 6.42. The molecule has 0 unspecified atom stereocenters. The molecule has 0 heterocycles. The Bertz CT molecular complexity index is 386. The third-order valence-corrected chi connectivity index (χ3v) is 3.05. The summed E-state index contributed by atoms with van der Waals surface area (Å²) in [5, 5.41) is 12.6. The number of rotatable bonds is 6. The number of hydrogen-bond acceptors (Lipinski definition) is 3. The summed E-state index contributed by atoms with van der Waals surface area (Å²) in [5.41, 5.74) is 2.16. The fourth-order valence-corrected chi connectivity index (χ4v) is 1.69. The SMILES string of the molecule is COc1ccc(NCC(C)(C)CO)cc1C(C)C. The molecule has 2 N–H and O–H groups in total. The van der Waals surface area contributed by atoms with Gasteiger partial charge in [0, 0.05) is 24.3 Å². The number of aliphatic hydroxyl groups is 1. The summed E-state index contributed by atoms with van der Waals surface area (Å²) in [5.74, 6) is 1.35. The molecule has 0 aromatic heterocycles. The van der Waals surface area contributed by atoms with E-state index in [-0.39, 0.29) is 12.0 Å². The van der Waals surface area contributed by atoms with Gasteiger partial charge in [-0.3, -0.25) is 0 Å². The number of nitrogens with one attached hydrogen (secondary N) is 1. The van der Waals surface area contributed by atoms with Crippen molar-refractivity contribution in [2.45, 2.75) is 33.6 Å². The minimum absolute atomic E-state index is 0.113. The Morgan fingerprint density at radius 2 is 2.00 bits per heavy atom. The monoisotopic (exact) mass is 251 g/mol. The van der Waals surface area contributed by atoms with Crippen molar-refractivity contribution in [3.8, 4) is 5.75 Å². The summed E-state index contributed by atoms with van der Waals surface area (Å²) < 4.78 is 5.36. The van der Waals surface area contributed by atoms with E-state index in [9.17, 15) is 5.11 Å². The van der Waals surface area contributed by atoms with E-state index in [2.05, 4.69) is 25.2 Å². The Balaban J connectivity index is 2.82. The van der Waals surface area contributed by atoms with Crippen LogP contribution in [-0.4, -0.2) is 25.4 Å². The van der Waals surface area contributed by atoms with E-state index in [1.165, 1.54) is 5.56 Å². The van der Waals surface area contributed by atoms with Gasteiger partial charge in [0.05, 0.1) is 7.11 Å². The van der Waals surface area contributed by atoms with E-state index >= 15 is 0 Å².